The van der Waals surface area contributed by atoms with Gasteiger partial charge in [-0.15, -0.1) is 0 Å². The number of nitrogens with one attached hydrogen (secondary N) is 3. The van der Waals surface area contributed by atoms with E-state index in [1.54, 1.807) is 6.20 Å². The summed E-state index contributed by atoms with van der Waals surface area (Å²) < 4.78 is 0. The van der Waals surface area contributed by atoms with Gasteiger partial charge in [-0.2, -0.15) is 5.10 Å². The fourth-order valence-corrected chi connectivity index (χ4v) is 5.48. The summed E-state index contributed by atoms with van der Waals surface area (Å²) in [6.45, 7) is 10.3. The van der Waals surface area contributed by atoms with E-state index in [-0.39, 0.29) is 0 Å². The Hall–Kier alpha value is -4.71. The molecule has 1 aliphatic rings. The second-order valence-electron chi connectivity index (χ2n) is 10.0. The largest absolute Gasteiger partial charge is 0.359 e. The summed E-state index contributed by atoms with van der Waals surface area (Å²) in [5, 5.41) is 12.4. The molecule has 0 unspecified atom stereocenters. The molecule has 1 aromatic carbocycles. The maximum atomic E-state index is 5.06. The number of allylic oxidation sites excluding steroid dienone is 5. The van der Waals surface area contributed by atoms with Crippen molar-refractivity contribution in [3.05, 3.63) is 109 Å². The number of fused-ring (bicyclic) bond motifs is 2. The molecule has 194 valence electrons. The molecule has 0 atom stereocenters. The number of pyridine rings is 2. The maximum absolute atomic E-state index is 5.06. The second kappa shape index (κ2) is 10.6. The Bertz CT molecular complexity index is 1730. The lowest BCUT2D eigenvalue weighted by atomic mass is 10.0. The minimum atomic E-state index is 0.528. The first-order valence-corrected chi connectivity index (χ1v) is 13.5. The minimum Gasteiger partial charge on any atom is -0.359 e. The zero-order chi connectivity index (χ0) is 26.8. The average Bonchev–Trinajstić information content (AvgIpc) is 3.74. The highest BCUT2D eigenvalue weighted by molar-refractivity contribution is 6.00. The Morgan fingerprint density at radius 1 is 1.08 bits per heavy atom. The van der Waals surface area contributed by atoms with Crippen molar-refractivity contribution in [1.29, 1.82) is 0 Å². The summed E-state index contributed by atoms with van der Waals surface area (Å²) in [4.78, 5) is 12.9. The summed E-state index contributed by atoms with van der Waals surface area (Å²) in [5.41, 5.74) is 10.5. The van der Waals surface area contributed by atoms with Gasteiger partial charge in [-0.3, -0.25) is 10.1 Å². The molecule has 39 heavy (non-hydrogen) atoms. The van der Waals surface area contributed by atoms with Gasteiger partial charge >= 0.3 is 0 Å². The number of aromatic nitrogens is 5. The molecule has 1 fully saturated rings. The van der Waals surface area contributed by atoms with Crippen LogP contribution >= 0.6 is 0 Å². The lowest BCUT2D eigenvalue weighted by Gasteiger charge is -2.16. The van der Waals surface area contributed by atoms with E-state index in [1.165, 1.54) is 25.7 Å². The van der Waals surface area contributed by atoms with Crippen molar-refractivity contribution < 1.29 is 0 Å². The molecule has 0 radical (unpaired) electrons. The summed E-state index contributed by atoms with van der Waals surface area (Å²) in [7, 11) is 0. The highest BCUT2D eigenvalue weighted by Gasteiger charge is 2.19. The van der Waals surface area contributed by atoms with Gasteiger partial charge < -0.3 is 10.3 Å². The van der Waals surface area contributed by atoms with Crippen LogP contribution < -0.4 is 5.32 Å². The molecule has 3 N–H and O–H groups in total. The van der Waals surface area contributed by atoms with Crippen LogP contribution in [0.15, 0.2) is 104 Å². The molecule has 5 aromatic rings. The summed E-state index contributed by atoms with van der Waals surface area (Å²) >= 11 is 0. The van der Waals surface area contributed by atoms with Crippen molar-refractivity contribution in [2.24, 2.45) is 5.92 Å². The van der Waals surface area contributed by atoms with E-state index in [2.05, 4.69) is 81.1 Å². The van der Waals surface area contributed by atoms with Crippen LogP contribution in [0.5, 0.6) is 0 Å². The van der Waals surface area contributed by atoms with E-state index in [9.17, 15) is 0 Å². The minimum absolute atomic E-state index is 0.528. The molecule has 0 bridgehead atoms. The van der Waals surface area contributed by atoms with Gasteiger partial charge in [-0.1, -0.05) is 50.3 Å². The fourth-order valence-electron chi connectivity index (χ4n) is 5.48. The number of hydrogen-bond donors (Lipinski definition) is 3. The maximum Gasteiger partial charge on any atom is 0.135 e. The number of rotatable bonds is 8. The standard InChI is InChI=1S/C33H32N6/c1-4-22(18-25(5-2)35-21(3)23-10-6-7-11-23)28-15-16-30-32(37-28)33(39-38-30)31-19-27-26(13-8-14-29(27)36-31)24-12-9-17-34-20-24/h4-5,8-9,12-20,23,35-36H,2-3,6-7,10-11H2,1H3,(H,38,39)/b22-4+,25-18+. The predicted molar refractivity (Wildman–Crippen MR) is 161 cm³/mol. The number of nitrogens with zero attached hydrogens (tertiary/aromatic N) is 3. The van der Waals surface area contributed by atoms with Gasteiger partial charge in [-0.25, -0.2) is 4.98 Å². The first kappa shape index (κ1) is 24.6. The van der Waals surface area contributed by atoms with E-state index in [1.807, 2.05) is 37.4 Å². The number of benzene rings is 1. The molecule has 6 heteroatoms. The third kappa shape index (κ3) is 4.81. The summed E-state index contributed by atoms with van der Waals surface area (Å²) in [5.74, 6) is 0.528. The van der Waals surface area contributed by atoms with Crippen molar-refractivity contribution >= 4 is 27.5 Å². The highest BCUT2D eigenvalue weighted by atomic mass is 15.1. The first-order valence-electron chi connectivity index (χ1n) is 13.5. The van der Waals surface area contributed by atoms with Crippen LogP contribution in [0.2, 0.25) is 0 Å². The van der Waals surface area contributed by atoms with E-state index in [4.69, 9.17) is 4.98 Å². The van der Waals surface area contributed by atoms with E-state index < -0.39 is 0 Å². The fraction of sp³-hybridized carbons (Fsp3) is 0.182. The molecule has 0 aliphatic heterocycles. The first-order chi connectivity index (χ1) is 19.1. The Morgan fingerprint density at radius 2 is 1.95 bits per heavy atom. The Morgan fingerprint density at radius 3 is 2.72 bits per heavy atom. The normalized spacial score (nSPS) is 14.8. The van der Waals surface area contributed by atoms with Crippen molar-refractivity contribution in [1.82, 2.24) is 30.5 Å². The summed E-state index contributed by atoms with van der Waals surface area (Å²) in [6, 6.07) is 16.5. The van der Waals surface area contributed by atoms with Gasteiger partial charge in [0.05, 0.1) is 16.9 Å². The predicted octanol–water partition coefficient (Wildman–Crippen LogP) is 7.93. The van der Waals surface area contributed by atoms with Crippen LogP contribution in [0, 0.1) is 5.92 Å². The van der Waals surface area contributed by atoms with Gasteiger partial charge in [0.15, 0.2) is 0 Å². The van der Waals surface area contributed by atoms with Gasteiger partial charge in [-0.05, 0) is 79.3 Å². The highest BCUT2D eigenvalue weighted by Crippen LogP contribution is 2.34. The number of aromatic amines is 2. The molecule has 6 rings (SSSR count). The molecule has 0 saturated heterocycles. The third-order valence-electron chi connectivity index (χ3n) is 7.59. The zero-order valence-electron chi connectivity index (χ0n) is 22.2. The number of H-pyrrole nitrogens is 2. The molecular weight excluding hydrogens is 480 g/mol. The topological polar surface area (TPSA) is 82.3 Å². The van der Waals surface area contributed by atoms with E-state index in [0.29, 0.717) is 5.92 Å². The monoisotopic (exact) mass is 512 g/mol. The molecular formula is C33H32N6. The molecule has 0 amide bonds. The van der Waals surface area contributed by atoms with Gasteiger partial charge in [0.1, 0.15) is 11.2 Å². The van der Waals surface area contributed by atoms with Crippen molar-refractivity contribution in [2.75, 3.05) is 0 Å². The third-order valence-corrected chi connectivity index (χ3v) is 7.59. The Balaban J connectivity index is 1.35. The van der Waals surface area contributed by atoms with Gasteiger partial charge in [0.2, 0.25) is 0 Å². The van der Waals surface area contributed by atoms with Gasteiger partial charge in [0, 0.05) is 40.3 Å². The molecule has 6 nitrogen and oxygen atoms in total. The van der Waals surface area contributed by atoms with Crippen molar-refractivity contribution in [2.45, 2.75) is 32.6 Å². The van der Waals surface area contributed by atoms with Gasteiger partial charge in [0.25, 0.3) is 0 Å². The second-order valence-corrected chi connectivity index (χ2v) is 10.0. The molecule has 4 heterocycles. The van der Waals surface area contributed by atoms with Crippen molar-refractivity contribution in [3.63, 3.8) is 0 Å². The van der Waals surface area contributed by atoms with Crippen LogP contribution in [0.4, 0.5) is 0 Å². The Labute approximate surface area is 228 Å². The van der Waals surface area contributed by atoms with E-state index in [0.717, 1.165) is 67.1 Å². The molecule has 0 spiro atoms. The molecule has 1 aliphatic carbocycles. The lowest BCUT2D eigenvalue weighted by Crippen LogP contribution is -2.16. The Kier molecular flexibility index (Phi) is 6.68. The summed E-state index contributed by atoms with van der Waals surface area (Å²) in [6.07, 6.45) is 14.6. The SMILES string of the molecule is C=C/C(=C\C(=C/C)c1ccc2[nH]nc(-c3cc4c(-c5cccnc5)cccc4[nH]3)c2n1)NC(=C)C1CCCC1. The lowest BCUT2D eigenvalue weighted by molar-refractivity contribution is 0.607. The average molecular weight is 513 g/mol. The number of hydrogen-bond acceptors (Lipinski definition) is 4. The van der Waals surface area contributed by atoms with Crippen LogP contribution in [-0.2, 0) is 0 Å². The molecule has 1 saturated carbocycles. The quantitative estimate of drug-likeness (QED) is 0.184. The zero-order valence-corrected chi connectivity index (χ0v) is 22.2. The van der Waals surface area contributed by atoms with Crippen LogP contribution in [0.1, 0.15) is 38.3 Å². The van der Waals surface area contributed by atoms with Crippen LogP contribution in [-0.4, -0.2) is 25.1 Å². The van der Waals surface area contributed by atoms with Crippen LogP contribution in [0.25, 0.3) is 50.0 Å². The smallest absolute Gasteiger partial charge is 0.135 e. The van der Waals surface area contributed by atoms with Crippen LogP contribution in [0.3, 0.4) is 0 Å². The van der Waals surface area contributed by atoms with E-state index >= 15 is 0 Å². The molecule has 4 aromatic heterocycles. The van der Waals surface area contributed by atoms with Crippen molar-refractivity contribution in [3.8, 4) is 22.5 Å².